The highest BCUT2D eigenvalue weighted by molar-refractivity contribution is 5.66. The first-order chi connectivity index (χ1) is 7.74. The van der Waals surface area contributed by atoms with Crippen molar-refractivity contribution in [1.82, 2.24) is 14.6 Å². The average molecular weight is 227 g/mol. The van der Waals surface area contributed by atoms with Crippen LogP contribution in [0, 0.1) is 6.92 Å². The first-order valence-electron chi connectivity index (χ1n) is 4.58. The number of hydrogen-bond donors (Lipinski definition) is 3. The summed E-state index contributed by atoms with van der Waals surface area (Å²) in [5, 5.41) is 25.5. The van der Waals surface area contributed by atoms with E-state index in [-0.39, 0.29) is 5.75 Å². The molecule has 3 N–H and O–H groups in total. The van der Waals surface area contributed by atoms with Crippen molar-refractivity contribution in [2.45, 2.75) is 13.8 Å². The van der Waals surface area contributed by atoms with E-state index in [4.69, 9.17) is 15.3 Å². The molecule has 0 aliphatic carbocycles. The summed E-state index contributed by atoms with van der Waals surface area (Å²) in [5.74, 6) is 0.701. The van der Waals surface area contributed by atoms with Crippen LogP contribution < -0.4 is 4.74 Å². The van der Waals surface area contributed by atoms with Gasteiger partial charge in [-0.1, -0.05) is 0 Å². The fourth-order valence-corrected chi connectivity index (χ4v) is 1.36. The zero-order valence-electron chi connectivity index (χ0n) is 8.95. The Labute approximate surface area is 91.5 Å². The van der Waals surface area contributed by atoms with Crippen molar-refractivity contribution in [3.63, 3.8) is 0 Å². The summed E-state index contributed by atoms with van der Waals surface area (Å²) in [6.45, 7) is 4.23. The Morgan fingerprint density at radius 2 is 2.12 bits per heavy atom. The minimum atomic E-state index is 0.200. The Morgan fingerprint density at radius 3 is 2.75 bits per heavy atom. The van der Waals surface area contributed by atoms with Crippen molar-refractivity contribution in [2.75, 3.05) is 6.61 Å². The summed E-state index contributed by atoms with van der Waals surface area (Å²) in [5.41, 5.74) is 1.45. The number of aromatic nitrogens is 3. The van der Waals surface area contributed by atoms with Gasteiger partial charge >= 0.3 is 0 Å². The van der Waals surface area contributed by atoms with E-state index in [1.54, 1.807) is 11.4 Å². The number of nitrogens with zero attached hydrogens (tertiary/aromatic N) is 3. The lowest BCUT2D eigenvalue weighted by molar-refractivity contribution is -0.176. The lowest BCUT2D eigenvalue weighted by Gasteiger charge is -2.03. The highest BCUT2D eigenvalue weighted by Crippen LogP contribution is 2.27. The van der Waals surface area contributed by atoms with Crippen LogP contribution in [0.1, 0.15) is 12.5 Å². The largest absolute Gasteiger partial charge is 0.506 e. The second kappa shape index (κ2) is 5.29. The van der Waals surface area contributed by atoms with Gasteiger partial charge in [-0.25, -0.2) is 4.52 Å². The van der Waals surface area contributed by atoms with E-state index in [0.29, 0.717) is 18.0 Å². The molecule has 2 heterocycles. The molecule has 88 valence electrons. The molecular weight excluding hydrogens is 214 g/mol. The molecule has 0 radical (unpaired) electrons. The number of fused-ring (bicyclic) bond motifs is 1. The molecule has 0 saturated heterocycles. The van der Waals surface area contributed by atoms with Crippen LogP contribution in [0.4, 0.5) is 0 Å². The van der Waals surface area contributed by atoms with E-state index in [1.807, 2.05) is 6.92 Å². The van der Waals surface area contributed by atoms with Gasteiger partial charge in [0.15, 0.2) is 0 Å². The molecule has 0 aromatic carbocycles. The lowest BCUT2D eigenvalue weighted by Crippen LogP contribution is -1.99. The Hall–Kier alpha value is -1.86. The normalized spacial score (nSPS) is 9.75. The maximum absolute atomic E-state index is 9.49. The van der Waals surface area contributed by atoms with Gasteiger partial charge in [-0.2, -0.15) is 10.1 Å². The van der Waals surface area contributed by atoms with Crippen molar-refractivity contribution in [3.8, 4) is 11.6 Å². The first kappa shape index (κ1) is 12.2. The average Bonchev–Trinajstić information content (AvgIpc) is 2.59. The summed E-state index contributed by atoms with van der Waals surface area (Å²) in [6.07, 6.45) is 2.94. The molecular formula is C9H13N3O4. The van der Waals surface area contributed by atoms with Gasteiger partial charge in [0, 0.05) is 5.56 Å². The van der Waals surface area contributed by atoms with Gasteiger partial charge in [-0.05, 0) is 13.8 Å². The van der Waals surface area contributed by atoms with Crippen LogP contribution in [-0.2, 0) is 0 Å². The molecule has 2 rings (SSSR count). The molecule has 0 aliphatic heterocycles. The van der Waals surface area contributed by atoms with E-state index >= 15 is 0 Å². The van der Waals surface area contributed by atoms with Crippen LogP contribution in [0.25, 0.3) is 5.52 Å². The van der Waals surface area contributed by atoms with Crippen molar-refractivity contribution < 1.29 is 20.4 Å². The quantitative estimate of drug-likeness (QED) is 0.525. The van der Waals surface area contributed by atoms with E-state index in [1.165, 1.54) is 12.5 Å². The van der Waals surface area contributed by atoms with Crippen LogP contribution in [0.3, 0.4) is 0 Å². The molecule has 0 bridgehead atoms. The monoisotopic (exact) mass is 227 g/mol. The molecule has 0 saturated carbocycles. The number of aryl methyl sites for hydroxylation is 1. The highest BCUT2D eigenvalue weighted by atomic mass is 17.0. The zero-order chi connectivity index (χ0) is 12.1. The van der Waals surface area contributed by atoms with Crippen LogP contribution in [0.5, 0.6) is 11.6 Å². The third kappa shape index (κ3) is 2.05. The van der Waals surface area contributed by atoms with E-state index in [2.05, 4.69) is 10.1 Å². The fourth-order valence-electron chi connectivity index (χ4n) is 1.36. The van der Waals surface area contributed by atoms with Crippen LogP contribution in [0.2, 0.25) is 0 Å². The standard InChI is InChI=1S/C9H11N3O2.H2O2/c1-3-14-9-8-6(2)7(13)4-12(8)11-5-10-9;1-2/h4-5,13H,3H2,1-2H3;1-2H. The van der Waals surface area contributed by atoms with Crippen LogP contribution in [0.15, 0.2) is 12.5 Å². The zero-order valence-corrected chi connectivity index (χ0v) is 8.95. The van der Waals surface area contributed by atoms with E-state index in [0.717, 1.165) is 5.56 Å². The van der Waals surface area contributed by atoms with E-state index < -0.39 is 0 Å². The summed E-state index contributed by atoms with van der Waals surface area (Å²) >= 11 is 0. The van der Waals surface area contributed by atoms with Crippen molar-refractivity contribution in [3.05, 3.63) is 18.1 Å². The molecule has 2 aromatic heterocycles. The molecule has 2 aromatic rings. The predicted molar refractivity (Wildman–Crippen MR) is 55.8 cm³/mol. The summed E-state index contributed by atoms with van der Waals surface area (Å²) in [4.78, 5) is 4.01. The van der Waals surface area contributed by atoms with Crippen LogP contribution >= 0.6 is 0 Å². The molecule has 0 fully saturated rings. The van der Waals surface area contributed by atoms with Crippen molar-refractivity contribution in [2.24, 2.45) is 0 Å². The molecule has 0 atom stereocenters. The second-order valence-electron chi connectivity index (χ2n) is 2.93. The Morgan fingerprint density at radius 1 is 1.44 bits per heavy atom. The van der Waals surface area contributed by atoms with Gasteiger partial charge in [0.1, 0.15) is 17.6 Å². The highest BCUT2D eigenvalue weighted by Gasteiger charge is 2.11. The molecule has 0 aliphatic rings. The molecule has 0 spiro atoms. The number of hydrogen-bond acceptors (Lipinski definition) is 6. The van der Waals surface area contributed by atoms with Gasteiger partial charge in [0.05, 0.1) is 12.8 Å². The molecule has 0 amide bonds. The van der Waals surface area contributed by atoms with Gasteiger partial charge in [-0.15, -0.1) is 0 Å². The third-order valence-electron chi connectivity index (χ3n) is 2.05. The number of rotatable bonds is 2. The van der Waals surface area contributed by atoms with Crippen LogP contribution in [-0.4, -0.2) is 36.8 Å². The Kier molecular flexibility index (Phi) is 4.03. The predicted octanol–water partition coefficient (Wildman–Crippen LogP) is 1.16. The Bertz CT molecular complexity index is 469. The van der Waals surface area contributed by atoms with Gasteiger partial charge in [0.25, 0.3) is 0 Å². The van der Waals surface area contributed by atoms with E-state index in [9.17, 15) is 5.11 Å². The molecule has 16 heavy (non-hydrogen) atoms. The smallest absolute Gasteiger partial charge is 0.241 e. The SMILES string of the molecule is CCOc1ncnn2cc(O)c(C)c12.OO. The lowest BCUT2D eigenvalue weighted by atomic mass is 10.3. The molecule has 7 heteroatoms. The summed E-state index contributed by atoms with van der Waals surface area (Å²) < 4.78 is 6.89. The molecule has 0 unspecified atom stereocenters. The summed E-state index contributed by atoms with van der Waals surface area (Å²) in [6, 6.07) is 0. The third-order valence-corrected chi connectivity index (χ3v) is 2.05. The number of aromatic hydroxyl groups is 1. The number of ether oxygens (including phenoxy) is 1. The van der Waals surface area contributed by atoms with Crippen molar-refractivity contribution in [1.29, 1.82) is 0 Å². The minimum absolute atomic E-state index is 0.200. The topological polar surface area (TPSA) is 100 Å². The fraction of sp³-hybridized carbons (Fsp3) is 0.333. The minimum Gasteiger partial charge on any atom is -0.506 e. The summed E-state index contributed by atoms with van der Waals surface area (Å²) in [7, 11) is 0. The Balaban J connectivity index is 0.000000606. The van der Waals surface area contributed by atoms with Gasteiger partial charge < -0.3 is 9.84 Å². The maximum Gasteiger partial charge on any atom is 0.241 e. The maximum atomic E-state index is 9.49. The first-order valence-corrected chi connectivity index (χ1v) is 4.58. The second-order valence-corrected chi connectivity index (χ2v) is 2.93. The van der Waals surface area contributed by atoms with Gasteiger partial charge in [-0.3, -0.25) is 10.5 Å². The van der Waals surface area contributed by atoms with Gasteiger partial charge in [0.2, 0.25) is 5.88 Å². The molecule has 7 nitrogen and oxygen atoms in total. The van der Waals surface area contributed by atoms with Crippen molar-refractivity contribution >= 4 is 5.52 Å².